The summed E-state index contributed by atoms with van der Waals surface area (Å²) in [6, 6.07) is 5.12. The number of alkyl halides is 1. The van der Waals surface area contributed by atoms with Gasteiger partial charge >= 0.3 is 0 Å². The van der Waals surface area contributed by atoms with Gasteiger partial charge in [-0.05, 0) is 18.6 Å². The zero-order valence-corrected chi connectivity index (χ0v) is 8.34. The second kappa shape index (κ2) is 4.74. The number of Topliss-reactive ketones (excluding diaryl/α,β-unsaturated/α-hetero) is 1. The molecule has 0 aromatic heterocycles. The summed E-state index contributed by atoms with van der Waals surface area (Å²) < 4.78 is 17.7. The molecule has 76 valence electrons. The van der Waals surface area contributed by atoms with Crippen LogP contribution in [-0.4, -0.2) is 12.9 Å². The van der Waals surface area contributed by atoms with Crippen molar-refractivity contribution >= 4 is 5.78 Å². The number of hydrogen-bond donors (Lipinski definition) is 0. The van der Waals surface area contributed by atoms with E-state index in [-0.39, 0.29) is 12.2 Å². The summed E-state index contributed by atoms with van der Waals surface area (Å²) in [4.78, 5) is 11.0. The molecule has 1 aromatic rings. The van der Waals surface area contributed by atoms with E-state index in [1.54, 1.807) is 18.2 Å². The molecule has 0 fully saturated rings. The van der Waals surface area contributed by atoms with Crippen molar-refractivity contribution in [2.45, 2.75) is 20.0 Å². The Kier molecular flexibility index (Phi) is 3.63. The van der Waals surface area contributed by atoms with Crippen LogP contribution in [0.15, 0.2) is 18.2 Å². The highest BCUT2D eigenvalue weighted by Gasteiger charge is 2.10. The largest absolute Gasteiger partial charge is 0.496 e. The third kappa shape index (κ3) is 2.31. The molecule has 0 saturated heterocycles. The number of carbonyl (C=O) groups is 1. The Morgan fingerprint density at radius 3 is 2.71 bits per heavy atom. The van der Waals surface area contributed by atoms with Gasteiger partial charge in [0.1, 0.15) is 18.2 Å². The maximum atomic E-state index is 12.6. The maximum absolute atomic E-state index is 12.6. The van der Waals surface area contributed by atoms with Gasteiger partial charge in [-0.3, -0.25) is 4.79 Å². The monoisotopic (exact) mass is 196 g/mol. The van der Waals surface area contributed by atoms with E-state index in [1.165, 1.54) is 14.0 Å². The standard InChI is InChI=1S/C11H13FO2/c1-8(13)6-10-9(7-12)4-3-5-11(10)14-2/h3-5H,6-7H2,1-2H3. The van der Waals surface area contributed by atoms with E-state index < -0.39 is 6.67 Å². The van der Waals surface area contributed by atoms with Gasteiger partial charge in [0.15, 0.2) is 0 Å². The fraction of sp³-hybridized carbons (Fsp3) is 0.364. The lowest BCUT2D eigenvalue weighted by Crippen LogP contribution is -2.03. The Hall–Kier alpha value is -1.38. The van der Waals surface area contributed by atoms with Crippen LogP contribution in [0.1, 0.15) is 18.1 Å². The fourth-order valence-corrected chi connectivity index (χ4v) is 1.38. The summed E-state index contributed by atoms with van der Waals surface area (Å²) in [5.74, 6) is 0.583. The molecule has 0 radical (unpaired) electrons. The van der Waals surface area contributed by atoms with E-state index in [9.17, 15) is 9.18 Å². The highest BCUT2D eigenvalue weighted by atomic mass is 19.1. The molecule has 1 aromatic carbocycles. The zero-order chi connectivity index (χ0) is 10.6. The van der Waals surface area contributed by atoms with Crippen molar-refractivity contribution in [1.82, 2.24) is 0 Å². The normalized spacial score (nSPS) is 9.93. The number of hydrogen-bond acceptors (Lipinski definition) is 2. The second-order valence-electron chi connectivity index (χ2n) is 3.11. The van der Waals surface area contributed by atoms with E-state index in [1.807, 2.05) is 0 Å². The average molecular weight is 196 g/mol. The van der Waals surface area contributed by atoms with Crippen molar-refractivity contribution in [1.29, 1.82) is 0 Å². The van der Waals surface area contributed by atoms with Crippen molar-refractivity contribution in [3.8, 4) is 5.75 Å². The van der Waals surface area contributed by atoms with Gasteiger partial charge in [-0.25, -0.2) is 4.39 Å². The number of halogens is 1. The fourth-order valence-electron chi connectivity index (χ4n) is 1.38. The summed E-state index contributed by atoms with van der Waals surface area (Å²) in [7, 11) is 1.51. The molecular formula is C11H13FO2. The number of rotatable bonds is 4. The summed E-state index contributed by atoms with van der Waals surface area (Å²) in [5, 5.41) is 0. The summed E-state index contributed by atoms with van der Waals surface area (Å²) in [6.45, 7) is 0.911. The van der Waals surface area contributed by atoms with Gasteiger partial charge in [0.2, 0.25) is 0 Å². The molecule has 1 rings (SSSR count). The zero-order valence-electron chi connectivity index (χ0n) is 8.34. The van der Waals surface area contributed by atoms with Gasteiger partial charge in [-0.15, -0.1) is 0 Å². The van der Waals surface area contributed by atoms with E-state index >= 15 is 0 Å². The molecule has 0 spiro atoms. The molecule has 0 aliphatic carbocycles. The van der Waals surface area contributed by atoms with Crippen LogP contribution in [0.5, 0.6) is 5.75 Å². The van der Waals surface area contributed by atoms with Gasteiger partial charge in [0.05, 0.1) is 7.11 Å². The SMILES string of the molecule is COc1cccc(CF)c1CC(C)=O. The molecule has 2 nitrogen and oxygen atoms in total. The molecule has 3 heteroatoms. The van der Waals surface area contributed by atoms with E-state index in [2.05, 4.69) is 0 Å². The molecule has 0 amide bonds. The number of ether oxygens (including phenoxy) is 1. The Morgan fingerprint density at radius 2 is 2.21 bits per heavy atom. The number of ketones is 1. The molecule has 0 saturated carbocycles. The minimum Gasteiger partial charge on any atom is -0.496 e. The number of benzene rings is 1. The van der Waals surface area contributed by atoms with Crippen molar-refractivity contribution in [3.05, 3.63) is 29.3 Å². The van der Waals surface area contributed by atoms with Crippen molar-refractivity contribution < 1.29 is 13.9 Å². The summed E-state index contributed by atoms with van der Waals surface area (Å²) in [5.41, 5.74) is 1.18. The molecule has 0 aliphatic rings. The smallest absolute Gasteiger partial charge is 0.134 e. The van der Waals surface area contributed by atoms with Crippen LogP contribution in [0.2, 0.25) is 0 Å². The van der Waals surface area contributed by atoms with Crippen LogP contribution >= 0.6 is 0 Å². The predicted octanol–water partition coefficient (Wildman–Crippen LogP) is 2.30. The van der Waals surface area contributed by atoms with E-state index in [0.717, 1.165) is 0 Å². The van der Waals surface area contributed by atoms with Crippen LogP contribution in [-0.2, 0) is 17.9 Å². The minimum absolute atomic E-state index is 0.00389. The van der Waals surface area contributed by atoms with Gasteiger partial charge in [0.25, 0.3) is 0 Å². The van der Waals surface area contributed by atoms with E-state index in [4.69, 9.17) is 4.74 Å². The maximum Gasteiger partial charge on any atom is 0.134 e. The van der Waals surface area contributed by atoms with Crippen LogP contribution < -0.4 is 4.74 Å². The second-order valence-corrected chi connectivity index (χ2v) is 3.11. The highest BCUT2D eigenvalue weighted by Crippen LogP contribution is 2.23. The molecule has 0 heterocycles. The predicted molar refractivity (Wildman–Crippen MR) is 52.2 cm³/mol. The Morgan fingerprint density at radius 1 is 1.50 bits per heavy atom. The van der Waals surface area contributed by atoms with Crippen LogP contribution in [0, 0.1) is 0 Å². The first kappa shape index (κ1) is 10.7. The Balaban J connectivity index is 3.12. The highest BCUT2D eigenvalue weighted by molar-refractivity contribution is 5.79. The minimum atomic E-state index is -0.570. The third-order valence-corrected chi connectivity index (χ3v) is 2.02. The molecule has 0 unspecified atom stereocenters. The van der Waals surface area contributed by atoms with Gasteiger partial charge in [-0.2, -0.15) is 0 Å². The first-order chi connectivity index (χ1) is 6.69. The van der Waals surface area contributed by atoms with Crippen LogP contribution in [0.4, 0.5) is 4.39 Å². The number of carbonyl (C=O) groups excluding carboxylic acids is 1. The Bertz CT molecular complexity index is 312. The number of methoxy groups -OCH3 is 1. The van der Waals surface area contributed by atoms with Crippen molar-refractivity contribution in [2.24, 2.45) is 0 Å². The molecule has 0 N–H and O–H groups in total. The Labute approximate surface area is 82.7 Å². The molecule has 14 heavy (non-hydrogen) atoms. The van der Waals surface area contributed by atoms with E-state index in [0.29, 0.717) is 16.9 Å². The lowest BCUT2D eigenvalue weighted by molar-refractivity contribution is -0.116. The summed E-state index contributed by atoms with van der Waals surface area (Å²) in [6.07, 6.45) is 0.225. The van der Waals surface area contributed by atoms with Gasteiger partial charge in [0, 0.05) is 12.0 Å². The van der Waals surface area contributed by atoms with Gasteiger partial charge < -0.3 is 4.74 Å². The molecule has 0 bridgehead atoms. The molecule has 0 atom stereocenters. The van der Waals surface area contributed by atoms with Gasteiger partial charge in [-0.1, -0.05) is 12.1 Å². The third-order valence-electron chi connectivity index (χ3n) is 2.02. The van der Waals surface area contributed by atoms with Crippen LogP contribution in [0.3, 0.4) is 0 Å². The lowest BCUT2D eigenvalue weighted by Gasteiger charge is -2.10. The summed E-state index contributed by atoms with van der Waals surface area (Å²) >= 11 is 0. The lowest BCUT2D eigenvalue weighted by atomic mass is 10.0. The molecule has 0 aliphatic heterocycles. The van der Waals surface area contributed by atoms with Crippen molar-refractivity contribution in [3.63, 3.8) is 0 Å². The first-order valence-corrected chi connectivity index (χ1v) is 4.39. The van der Waals surface area contributed by atoms with Crippen molar-refractivity contribution in [2.75, 3.05) is 7.11 Å². The quantitative estimate of drug-likeness (QED) is 0.738. The first-order valence-electron chi connectivity index (χ1n) is 4.39. The topological polar surface area (TPSA) is 26.3 Å². The van der Waals surface area contributed by atoms with Crippen LogP contribution in [0.25, 0.3) is 0 Å². The average Bonchev–Trinajstić information content (AvgIpc) is 2.17. The molecular weight excluding hydrogens is 183 g/mol.